The maximum absolute atomic E-state index is 11.8. The number of amides is 1. The summed E-state index contributed by atoms with van der Waals surface area (Å²) in [6.45, 7) is 3.95. The SMILES string of the molecule is CC(C)Nc1nc(N)c(C(=O)NCCS(C)(=O)=O)s1. The molecule has 0 aliphatic rings. The molecule has 0 saturated heterocycles. The highest BCUT2D eigenvalue weighted by molar-refractivity contribution is 7.90. The van der Waals surface area contributed by atoms with Gasteiger partial charge in [0.05, 0.1) is 5.75 Å². The maximum Gasteiger partial charge on any atom is 0.265 e. The van der Waals surface area contributed by atoms with Crippen LogP contribution < -0.4 is 16.4 Å². The van der Waals surface area contributed by atoms with Gasteiger partial charge in [-0.25, -0.2) is 13.4 Å². The Labute approximate surface area is 116 Å². The third kappa shape index (κ3) is 5.43. The number of aromatic nitrogens is 1. The molecule has 0 aliphatic heterocycles. The zero-order valence-electron chi connectivity index (χ0n) is 11.1. The standard InChI is InChI=1S/C10H18N4O3S2/c1-6(2)13-10-14-8(11)7(18-10)9(15)12-4-5-19(3,16)17/h6H,4-5,11H2,1-3H3,(H,12,15)(H,13,14). The largest absolute Gasteiger partial charge is 0.382 e. The van der Waals surface area contributed by atoms with Crippen molar-refractivity contribution in [3.05, 3.63) is 4.88 Å². The van der Waals surface area contributed by atoms with Gasteiger partial charge in [0.15, 0.2) is 5.13 Å². The normalized spacial score (nSPS) is 11.6. The first-order valence-corrected chi connectivity index (χ1v) is 8.55. The van der Waals surface area contributed by atoms with E-state index in [1.165, 1.54) is 0 Å². The molecule has 1 rings (SSSR count). The Morgan fingerprint density at radius 2 is 2.11 bits per heavy atom. The van der Waals surface area contributed by atoms with Crippen LogP contribution in [0.5, 0.6) is 0 Å². The van der Waals surface area contributed by atoms with E-state index in [1.54, 1.807) is 0 Å². The van der Waals surface area contributed by atoms with Crippen LogP contribution in [0.25, 0.3) is 0 Å². The summed E-state index contributed by atoms with van der Waals surface area (Å²) < 4.78 is 21.9. The van der Waals surface area contributed by atoms with E-state index in [9.17, 15) is 13.2 Å². The zero-order valence-corrected chi connectivity index (χ0v) is 12.7. The van der Waals surface area contributed by atoms with Crippen molar-refractivity contribution in [1.82, 2.24) is 10.3 Å². The molecule has 0 saturated carbocycles. The predicted molar refractivity (Wildman–Crippen MR) is 77.3 cm³/mol. The lowest BCUT2D eigenvalue weighted by atomic mass is 10.4. The Hall–Kier alpha value is -1.35. The first-order valence-electron chi connectivity index (χ1n) is 5.68. The number of carbonyl (C=O) groups is 1. The molecule has 1 amide bonds. The molecule has 0 spiro atoms. The number of nitrogen functional groups attached to an aromatic ring is 1. The lowest BCUT2D eigenvalue weighted by Crippen LogP contribution is -2.28. The lowest BCUT2D eigenvalue weighted by Gasteiger charge is -2.04. The number of carbonyl (C=O) groups excluding carboxylic acids is 1. The van der Waals surface area contributed by atoms with Gasteiger partial charge in [0.25, 0.3) is 5.91 Å². The molecule has 4 N–H and O–H groups in total. The third-order valence-electron chi connectivity index (χ3n) is 2.03. The van der Waals surface area contributed by atoms with Gasteiger partial charge in [0.1, 0.15) is 20.5 Å². The van der Waals surface area contributed by atoms with Crippen LogP contribution >= 0.6 is 11.3 Å². The lowest BCUT2D eigenvalue weighted by molar-refractivity contribution is 0.0961. The molecule has 1 heterocycles. The summed E-state index contributed by atoms with van der Waals surface area (Å²) in [5.74, 6) is -0.366. The van der Waals surface area contributed by atoms with Gasteiger partial charge in [-0.05, 0) is 13.8 Å². The van der Waals surface area contributed by atoms with E-state index in [2.05, 4.69) is 15.6 Å². The molecule has 7 nitrogen and oxygen atoms in total. The summed E-state index contributed by atoms with van der Waals surface area (Å²) in [5.41, 5.74) is 5.66. The Balaban J connectivity index is 2.64. The van der Waals surface area contributed by atoms with E-state index < -0.39 is 15.7 Å². The number of sulfone groups is 1. The second-order valence-corrected chi connectivity index (χ2v) is 7.68. The maximum atomic E-state index is 11.8. The van der Waals surface area contributed by atoms with Crippen molar-refractivity contribution in [1.29, 1.82) is 0 Å². The molecule has 0 radical (unpaired) electrons. The fourth-order valence-electron chi connectivity index (χ4n) is 1.23. The van der Waals surface area contributed by atoms with Gasteiger partial charge >= 0.3 is 0 Å². The van der Waals surface area contributed by atoms with Gasteiger partial charge < -0.3 is 16.4 Å². The van der Waals surface area contributed by atoms with E-state index in [0.29, 0.717) is 5.13 Å². The van der Waals surface area contributed by atoms with Gasteiger partial charge in [0.2, 0.25) is 0 Å². The van der Waals surface area contributed by atoms with Crippen LogP contribution in [0.2, 0.25) is 0 Å². The molecule has 0 bridgehead atoms. The van der Waals surface area contributed by atoms with E-state index >= 15 is 0 Å². The van der Waals surface area contributed by atoms with Crippen molar-refractivity contribution < 1.29 is 13.2 Å². The van der Waals surface area contributed by atoms with Gasteiger partial charge in [-0.15, -0.1) is 0 Å². The third-order valence-corrected chi connectivity index (χ3v) is 3.98. The van der Waals surface area contributed by atoms with Crippen molar-refractivity contribution in [2.24, 2.45) is 0 Å². The average Bonchev–Trinajstić information content (AvgIpc) is 2.56. The van der Waals surface area contributed by atoms with Crippen LogP contribution in [0, 0.1) is 0 Å². The highest BCUT2D eigenvalue weighted by Crippen LogP contribution is 2.25. The van der Waals surface area contributed by atoms with Crippen molar-refractivity contribution in [3.63, 3.8) is 0 Å². The number of nitrogens with two attached hydrogens (primary N) is 1. The highest BCUT2D eigenvalue weighted by atomic mass is 32.2. The van der Waals surface area contributed by atoms with Crippen LogP contribution in [0.1, 0.15) is 23.5 Å². The molecule has 0 aromatic carbocycles. The highest BCUT2D eigenvalue weighted by Gasteiger charge is 2.16. The fourth-order valence-corrected chi connectivity index (χ4v) is 2.65. The molecule has 1 aromatic heterocycles. The monoisotopic (exact) mass is 306 g/mol. The number of rotatable bonds is 6. The van der Waals surface area contributed by atoms with Crippen LogP contribution in [-0.2, 0) is 9.84 Å². The minimum atomic E-state index is -3.09. The van der Waals surface area contributed by atoms with E-state index in [-0.39, 0.29) is 29.0 Å². The summed E-state index contributed by atoms with van der Waals surface area (Å²) >= 11 is 1.15. The summed E-state index contributed by atoms with van der Waals surface area (Å²) in [6.07, 6.45) is 1.12. The molecule has 108 valence electrons. The number of nitrogens with one attached hydrogen (secondary N) is 2. The van der Waals surface area contributed by atoms with Crippen molar-refractivity contribution in [2.75, 3.05) is 29.6 Å². The molecule has 0 atom stereocenters. The Morgan fingerprint density at radius 3 is 2.63 bits per heavy atom. The van der Waals surface area contributed by atoms with Crippen molar-refractivity contribution >= 4 is 38.0 Å². The van der Waals surface area contributed by atoms with Crippen molar-refractivity contribution in [3.8, 4) is 0 Å². The quantitative estimate of drug-likeness (QED) is 0.697. The Bertz CT molecular complexity index is 551. The molecule has 0 aliphatic carbocycles. The molecule has 0 fully saturated rings. The smallest absolute Gasteiger partial charge is 0.265 e. The van der Waals surface area contributed by atoms with Gasteiger partial charge in [-0.1, -0.05) is 11.3 Å². The molecular formula is C10H18N4O3S2. The second kappa shape index (κ2) is 6.20. The van der Waals surface area contributed by atoms with Gasteiger partial charge in [-0.3, -0.25) is 4.79 Å². The minimum absolute atomic E-state index is 0.0575. The van der Waals surface area contributed by atoms with E-state index in [4.69, 9.17) is 5.73 Å². The predicted octanol–water partition coefficient (Wildman–Crippen LogP) is 0.320. The topological polar surface area (TPSA) is 114 Å². The average molecular weight is 306 g/mol. The Morgan fingerprint density at radius 1 is 1.47 bits per heavy atom. The van der Waals surface area contributed by atoms with Crippen LogP contribution in [0.15, 0.2) is 0 Å². The summed E-state index contributed by atoms with van der Waals surface area (Å²) in [4.78, 5) is 16.1. The van der Waals surface area contributed by atoms with Crippen LogP contribution in [0.4, 0.5) is 10.9 Å². The van der Waals surface area contributed by atoms with Crippen LogP contribution in [0.3, 0.4) is 0 Å². The summed E-state index contributed by atoms with van der Waals surface area (Å²) in [5, 5.41) is 6.13. The number of hydrogen-bond donors (Lipinski definition) is 3. The molecule has 19 heavy (non-hydrogen) atoms. The number of thiazole rings is 1. The summed E-state index contributed by atoms with van der Waals surface area (Å²) in [7, 11) is -3.09. The molecule has 1 aromatic rings. The second-order valence-electron chi connectivity index (χ2n) is 4.42. The van der Waals surface area contributed by atoms with Crippen LogP contribution in [-0.4, -0.2) is 43.9 Å². The first-order chi connectivity index (χ1) is 8.69. The summed E-state index contributed by atoms with van der Waals surface area (Å²) in [6, 6.07) is 0.187. The zero-order chi connectivity index (χ0) is 14.6. The minimum Gasteiger partial charge on any atom is -0.382 e. The van der Waals surface area contributed by atoms with Gasteiger partial charge in [0, 0.05) is 18.8 Å². The molecular weight excluding hydrogens is 288 g/mol. The van der Waals surface area contributed by atoms with E-state index in [0.717, 1.165) is 17.6 Å². The van der Waals surface area contributed by atoms with E-state index in [1.807, 2.05) is 13.8 Å². The first kappa shape index (κ1) is 15.7. The fraction of sp³-hybridized carbons (Fsp3) is 0.600. The molecule has 0 unspecified atom stereocenters. The number of anilines is 2. The molecule has 9 heteroatoms. The number of nitrogens with zero attached hydrogens (tertiary/aromatic N) is 1. The van der Waals surface area contributed by atoms with Crippen molar-refractivity contribution in [2.45, 2.75) is 19.9 Å². The van der Waals surface area contributed by atoms with Gasteiger partial charge in [-0.2, -0.15) is 0 Å². The number of hydrogen-bond acceptors (Lipinski definition) is 7. The Kier molecular flexibility index (Phi) is 5.12.